The summed E-state index contributed by atoms with van der Waals surface area (Å²) in [6.45, 7) is 0.478. The molecule has 0 bridgehead atoms. The third-order valence-electron chi connectivity index (χ3n) is 2.93. The Kier molecular flexibility index (Phi) is 5.25. The molecule has 0 saturated carbocycles. The van der Waals surface area contributed by atoms with E-state index in [9.17, 15) is 0 Å². The molecule has 18 heavy (non-hydrogen) atoms. The smallest absolute Gasteiger partial charge is 0.131 e. The highest BCUT2D eigenvalue weighted by Gasteiger charge is 2.23. The standard InChI is InChI=1S/C13H22N2O3/c1-15(2)10(8-14)13-11(17-4)6-9(16-3)7-12(13)18-5/h6-7,10H,8,14H2,1-5H3. The van der Waals surface area contributed by atoms with Crippen LogP contribution >= 0.6 is 0 Å². The van der Waals surface area contributed by atoms with E-state index >= 15 is 0 Å². The number of hydrogen-bond donors (Lipinski definition) is 1. The summed E-state index contributed by atoms with van der Waals surface area (Å²) in [5, 5.41) is 0. The van der Waals surface area contributed by atoms with Crippen LogP contribution in [0.4, 0.5) is 0 Å². The van der Waals surface area contributed by atoms with Crippen LogP contribution in [0.5, 0.6) is 17.2 Å². The molecule has 0 spiro atoms. The second-order valence-electron chi connectivity index (χ2n) is 4.16. The SMILES string of the molecule is COc1cc(OC)c(C(CN)N(C)C)c(OC)c1. The first kappa shape index (κ1) is 14.6. The molecule has 1 aromatic rings. The maximum Gasteiger partial charge on any atom is 0.131 e. The molecule has 0 heterocycles. The van der Waals surface area contributed by atoms with Crippen LogP contribution < -0.4 is 19.9 Å². The van der Waals surface area contributed by atoms with Gasteiger partial charge in [0, 0.05) is 18.7 Å². The van der Waals surface area contributed by atoms with Crippen LogP contribution in [0, 0.1) is 0 Å². The first-order valence-corrected chi connectivity index (χ1v) is 5.75. The number of nitrogens with two attached hydrogens (primary N) is 1. The molecule has 0 aromatic heterocycles. The van der Waals surface area contributed by atoms with Gasteiger partial charge in [-0.05, 0) is 14.1 Å². The molecule has 1 aromatic carbocycles. The van der Waals surface area contributed by atoms with E-state index < -0.39 is 0 Å². The number of ether oxygens (including phenoxy) is 3. The minimum atomic E-state index is 0.0285. The van der Waals surface area contributed by atoms with Crippen molar-refractivity contribution in [3.05, 3.63) is 17.7 Å². The van der Waals surface area contributed by atoms with Crippen molar-refractivity contribution in [2.24, 2.45) is 5.73 Å². The average Bonchev–Trinajstić information content (AvgIpc) is 2.38. The number of likely N-dealkylation sites (N-methyl/N-ethyl adjacent to an activating group) is 1. The van der Waals surface area contributed by atoms with Crippen LogP contribution in [-0.2, 0) is 0 Å². The van der Waals surface area contributed by atoms with E-state index in [1.54, 1.807) is 21.3 Å². The Bertz CT molecular complexity index is 369. The predicted octanol–water partition coefficient (Wildman–Crippen LogP) is 1.27. The third-order valence-corrected chi connectivity index (χ3v) is 2.93. The third kappa shape index (κ3) is 2.86. The number of hydrogen-bond acceptors (Lipinski definition) is 5. The van der Waals surface area contributed by atoms with Crippen molar-refractivity contribution >= 4 is 0 Å². The van der Waals surface area contributed by atoms with Crippen LogP contribution in [0.25, 0.3) is 0 Å². The largest absolute Gasteiger partial charge is 0.496 e. The number of rotatable bonds is 6. The van der Waals surface area contributed by atoms with Crippen LogP contribution in [0.1, 0.15) is 11.6 Å². The van der Waals surface area contributed by atoms with E-state index in [2.05, 4.69) is 0 Å². The van der Waals surface area contributed by atoms with Gasteiger partial charge in [-0.15, -0.1) is 0 Å². The molecule has 5 heteroatoms. The van der Waals surface area contributed by atoms with Gasteiger partial charge in [0.2, 0.25) is 0 Å². The Morgan fingerprint density at radius 1 is 1.06 bits per heavy atom. The molecule has 102 valence electrons. The Morgan fingerprint density at radius 2 is 1.56 bits per heavy atom. The molecule has 2 N–H and O–H groups in total. The molecule has 1 atom stereocenters. The maximum atomic E-state index is 5.84. The average molecular weight is 254 g/mol. The second-order valence-corrected chi connectivity index (χ2v) is 4.16. The molecule has 0 aliphatic rings. The van der Waals surface area contributed by atoms with E-state index in [1.165, 1.54) is 0 Å². The molecule has 0 amide bonds. The van der Waals surface area contributed by atoms with Gasteiger partial charge in [-0.1, -0.05) is 0 Å². The number of benzene rings is 1. The summed E-state index contributed by atoms with van der Waals surface area (Å²) in [6.07, 6.45) is 0. The summed E-state index contributed by atoms with van der Waals surface area (Å²) in [5.41, 5.74) is 6.78. The molecule has 0 radical (unpaired) electrons. The summed E-state index contributed by atoms with van der Waals surface area (Å²) < 4.78 is 16.1. The van der Waals surface area contributed by atoms with Crippen molar-refractivity contribution in [1.29, 1.82) is 0 Å². The van der Waals surface area contributed by atoms with Crippen molar-refractivity contribution in [3.8, 4) is 17.2 Å². The summed E-state index contributed by atoms with van der Waals surface area (Å²) >= 11 is 0. The summed E-state index contributed by atoms with van der Waals surface area (Å²) in [7, 11) is 8.81. The molecule has 1 rings (SSSR count). The highest BCUT2D eigenvalue weighted by molar-refractivity contribution is 5.52. The van der Waals surface area contributed by atoms with E-state index in [-0.39, 0.29) is 6.04 Å². The molecule has 1 unspecified atom stereocenters. The summed E-state index contributed by atoms with van der Waals surface area (Å²) in [6, 6.07) is 3.70. The van der Waals surface area contributed by atoms with Crippen LogP contribution in [0.15, 0.2) is 12.1 Å². The minimum absolute atomic E-state index is 0.0285. The van der Waals surface area contributed by atoms with Crippen molar-refractivity contribution in [2.45, 2.75) is 6.04 Å². The Morgan fingerprint density at radius 3 is 1.83 bits per heavy atom. The Balaban J connectivity index is 3.38. The van der Waals surface area contributed by atoms with Crippen LogP contribution in [0.2, 0.25) is 0 Å². The topological polar surface area (TPSA) is 57.0 Å². The number of methoxy groups -OCH3 is 3. The molecular weight excluding hydrogens is 232 g/mol. The molecule has 5 nitrogen and oxygen atoms in total. The highest BCUT2D eigenvalue weighted by Crippen LogP contribution is 2.39. The van der Waals surface area contributed by atoms with Gasteiger partial charge in [-0.3, -0.25) is 0 Å². The van der Waals surface area contributed by atoms with Gasteiger partial charge < -0.3 is 24.8 Å². The van der Waals surface area contributed by atoms with Crippen LogP contribution in [0.3, 0.4) is 0 Å². The lowest BCUT2D eigenvalue weighted by Gasteiger charge is -2.27. The van der Waals surface area contributed by atoms with Gasteiger partial charge in [0.15, 0.2) is 0 Å². The Labute approximate surface area is 108 Å². The Hall–Kier alpha value is -1.46. The summed E-state index contributed by atoms with van der Waals surface area (Å²) in [4.78, 5) is 2.03. The predicted molar refractivity (Wildman–Crippen MR) is 71.6 cm³/mol. The first-order valence-electron chi connectivity index (χ1n) is 5.75. The monoisotopic (exact) mass is 254 g/mol. The van der Waals surface area contributed by atoms with Gasteiger partial charge in [0.1, 0.15) is 17.2 Å². The van der Waals surface area contributed by atoms with Crippen molar-refractivity contribution in [2.75, 3.05) is 42.0 Å². The van der Waals surface area contributed by atoms with Gasteiger partial charge in [0.05, 0.1) is 32.9 Å². The maximum absolute atomic E-state index is 5.84. The normalized spacial score (nSPS) is 12.4. The zero-order valence-corrected chi connectivity index (χ0v) is 11.7. The molecule has 0 aliphatic carbocycles. The fraction of sp³-hybridized carbons (Fsp3) is 0.538. The van der Waals surface area contributed by atoms with Gasteiger partial charge in [-0.25, -0.2) is 0 Å². The lowest BCUT2D eigenvalue weighted by Crippen LogP contribution is -2.28. The van der Waals surface area contributed by atoms with Crippen LogP contribution in [-0.4, -0.2) is 46.9 Å². The summed E-state index contributed by atoms with van der Waals surface area (Å²) in [5.74, 6) is 2.13. The molecule has 0 aliphatic heterocycles. The fourth-order valence-electron chi connectivity index (χ4n) is 1.95. The molecule has 0 fully saturated rings. The number of nitrogens with zero attached hydrogens (tertiary/aromatic N) is 1. The molecular formula is C13H22N2O3. The lowest BCUT2D eigenvalue weighted by atomic mass is 10.0. The second kappa shape index (κ2) is 6.47. The van der Waals surface area contributed by atoms with E-state index in [4.69, 9.17) is 19.9 Å². The highest BCUT2D eigenvalue weighted by atomic mass is 16.5. The van der Waals surface area contributed by atoms with Crippen molar-refractivity contribution in [3.63, 3.8) is 0 Å². The first-order chi connectivity index (χ1) is 8.58. The van der Waals surface area contributed by atoms with E-state index in [1.807, 2.05) is 31.1 Å². The minimum Gasteiger partial charge on any atom is -0.496 e. The lowest BCUT2D eigenvalue weighted by molar-refractivity contribution is 0.281. The van der Waals surface area contributed by atoms with E-state index in [0.717, 1.165) is 17.1 Å². The van der Waals surface area contributed by atoms with E-state index in [0.29, 0.717) is 12.3 Å². The zero-order valence-electron chi connectivity index (χ0n) is 11.7. The molecule has 0 saturated heterocycles. The van der Waals surface area contributed by atoms with Gasteiger partial charge in [0.25, 0.3) is 0 Å². The quantitative estimate of drug-likeness (QED) is 0.828. The van der Waals surface area contributed by atoms with Gasteiger partial charge >= 0.3 is 0 Å². The zero-order chi connectivity index (χ0) is 13.7. The van der Waals surface area contributed by atoms with Crippen molar-refractivity contribution < 1.29 is 14.2 Å². The fourth-order valence-corrected chi connectivity index (χ4v) is 1.95. The van der Waals surface area contributed by atoms with Gasteiger partial charge in [-0.2, -0.15) is 0 Å². The van der Waals surface area contributed by atoms with Crippen molar-refractivity contribution in [1.82, 2.24) is 4.90 Å².